The molecule has 2 aromatic heterocycles. The van der Waals surface area contributed by atoms with Crippen LogP contribution in [-0.4, -0.2) is 21.6 Å². The van der Waals surface area contributed by atoms with Crippen LogP contribution in [0.25, 0.3) is 10.9 Å². The van der Waals surface area contributed by atoms with E-state index < -0.39 is 0 Å². The van der Waals surface area contributed by atoms with E-state index in [9.17, 15) is 0 Å². The van der Waals surface area contributed by atoms with Crippen LogP contribution in [0.1, 0.15) is 24.5 Å². The first-order valence-corrected chi connectivity index (χ1v) is 7.34. The molecule has 21 heavy (non-hydrogen) atoms. The Bertz CT molecular complexity index is 732. The van der Waals surface area contributed by atoms with Gasteiger partial charge in [0.1, 0.15) is 5.82 Å². The van der Waals surface area contributed by atoms with Crippen molar-refractivity contribution in [2.75, 3.05) is 7.05 Å². The average Bonchev–Trinajstić information content (AvgIpc) is 2.99. The summed E-state index contributed by atoms with van der Waals surface area (Å²) in [5.41, 5.74) is 2.09. The van der Waals surface area contributed by atoms with E-state index >= 15 is 0 Å². The molecule has 0 bridgehead atoms. The van der Waals surface area contributed by atoms with Crippen LogP contribution in [0.15, 0.2) is 48.8 Å². The molecule has 3 aromatic rings. The van der Waals surface area contributed by atoms with Crippen molar-refractivity contribution in [2.45, 2.75) is 25.9 Å². The summed E-state index contributed by atoms with van der Waals surface area (Å²) >= 11 is 0. The lowest BCUT2D eigenvalue weighted by Gasteiger charge is -2.16. The second-order valence-corrected chi connectivity index (χ2v) is 5.10. The quantitative estimate of drug-likeness (QED) is 0.781. The number of benzene rings is 1. The maximum Gasteiger partial charge on any atom is 0.110 e. The summed E-state index contributed by atoms with van der Waals surface area (Å²) in [5, 5.41) is 4.53. The number of hydrogen-bond acceptors (Lipinski definition) is 3. The highest BCUT2D eigenvalue weighted by molar-refractivity contribution is 5.78. The molecule has 0 aliphatic rings. The number of imidazole rings is 1. The Labute approximate surface area is 124 Å². The molecule has 0 amide bonds. The van der Waals surface area contributed by atoms with Gasteiger partial charge < -0.3 is 9.88 Å². The number of fused-ring (bicyclic) bond motifs is 1. The van der Waals surface area contributed by atoms with Crippen LogP contribution in [0, 0.1) is 0 Å². The first kappa shape index (κ1) is 13.8. The number of nitrogens with one attached hydrogen (secondary N) is 1. The van der Waals surface area contributed by atoms with Crippen LogP contribution in [0.4, 0.5) is 0 Å². The minimum absolute atomic E-state index is 0.169. The zero-order valence-electron chi connectivity index (χ0n) is 12.5. The monoisotopic (exact) mass is 280 g/mol. The van der Waals surface area contributed by atoms with Crippen LogP contribution in [0.5, 0.6) is 0 Å². The standard InChI is InChI=1S/C17H20N4/c1-3-21-11-10-19-17(21)12-16(18-2)15-9-8-13-6-4-5-7-14(13)20-15/h4-11,16,18H,3,12H2,1-2H3. The minimum Gasteiger partial charge on any atom is -0.335 e. The van der Waals surface area contributed by atoms with E-state index in [1.165, 1.54) is 5.39 Å². The maximum absolute atomic E-state index is 4.78. The predicted octanol–water partition coefficient (Wildman–Crippen LogP) is 2.95. The summed E-state index contributed by atoms with van der Waals surface area (Å²) in [5.74, 6) is 1.09. The predicted molar refractivity (Wildman–Crippen MR) is 85.1 cm³/mol. The lowest BCUT2D eigenvalue weighted by Crippen LogP contribution is -2.21. The number of aromatic nitrogens is 3. The molecule has 108 valence electrons. The third kappa shape index (κ3) is 2.81. The van der Waals surface area contributed by atoms with Crippen molar-refractivity contribution >= 4 is 10.9 Å². The van der Waals surface area contributed by atoms with Crippen molar-refractivity contribution < 1.29 is 0 Å². The Hall–Kier alpha value is -2.20. The first-order valence-electron chi connectivity index (χ1n) is 7.34. The van der Waals surface area contributed by atoms with E-state index in [4.69, 9.17) is 4.98 Å². The summed E-state index contributed by atoms with van der Waals surface area (Å²) in [4.78, 5) is 9.24. The summed E-state index contributed by atoms with van der Waals surface area (Å²) < 4.78 is 2.17. The number of rotatable bonds is 5. The van der Waals surface area contributed by atoms with Crippen LogP contribution in [0.3, 0.4) is 0 Å². The Morgan fingerprint density at radius 3 is 2.86 bits per heavy atom. The van der Waals surface area contributed by atoms with E-state index in [-0.39, 0.29) is 6.04 Å². The molecule has 4 nitrogen and oxygen atoms in total. The van der Waals surface area contributed by atoms with Gasteiger partial charge in [-0.2, -0.15) is 0 Å². The highest BCUT2D eigenvalue weighted by Crippen LogP contribution is 2.19. The normalized spacial score (nSPS) is 12.7. The lowest BCUT2D eigenvalue weighted by molar-refractivity contribution is 0.542. The van der Waals surface area contributed by atoms with Gasteiger partial charge in [-0.1, -0.05) is 24.3 Å². The molecule has 0 aliphatic heterocycles. The Kier molecular flexibility index (Phi) is 3.97. The molecule has 2 heterocycles. The number of aryl methyl sites for hydroxylation is 1. The molecule has 1 N–H and O–H groups in total. The number of hydrogen-bond donors (Lipinski definition) is 1. The highest BCUT2D eigenvalue weighted by Gasteiger charge is 2.15. The fourth-order valence-electron chi connectivity index (χ4n) is 2.63. The van der Waals surface area contributed by atoms with Gasteiger partial charge in [0.05, 0.1) is 17.3 Å². The minimum atomic E-state index is 0.169. The van der Waals surface area contributed by atoms with E-state index in [1.807, 2.05) is 31.6 Å². The molecule has 0 saturated carbocycles. The van der Waals surface area contributed by atoms with Gasteiger partial charge in [-0.3, -0.25) is 4.98 Å². The van der Waals surface area contributed by atoms with Gasteiger partial charge in [0.15, 0.2) is 0 Å². The van der Waals surface area contributed by atoms with Gasteiger partial charge in [-0.15, -0.1) is 0 Å². The van der Waals surface area contributed by atoms with Gasteiger partial charge in [-0.05, 0) is 26.1 Å². The summed E-state index contributed by atoms with van der Waals surface area (Å²) in [7, 11) is 1.97. The Balaban J connectivity index is 1.90. The Morgan fingerprint density at radius 1 is 1.19 bits per heavy atom. The molecule has 1 aromatic carbocycles. The number of para-hydroxylation sites is 1. The largest absolute Gasteiger partial charge is 0.335 e. The lowest BCUT2D eigenvalue weighted by atomic mass is 10.1. The van der Waals surface area contributed by atoms with Gasteiger partial charge >= 0.3 is 0 Å². The molecule has 0 radical (unpaired) electrons. The zero-order valence-corrected chi connectivity index (χ0v) is 12.5. The van der Waals surface area contributed by atoms with Crippen molar-refractivity contribution in [3.63, 3.8) is 0 Å². The molecule has 1 unspecified atom stereocenters. The van der Waals surface area contributed by atoms with Crippen molar-refractivity contribution in [1.29, 1.82) is 0 Å². The highest BCUT2D eigenvalue weighted by atomic mass is 15.1. The number of nitrogens with zero attached hydrogens (tertiary/aromatic N) is 3. The first-order chi connectivity index (χ1) is 10.3. The molecule has 3 rings (SSSR count). The van der Waals surface area contributed by atoms with Crippen molar-refractivity contribution in [3.8, 4) is 0 Å². The molecule has 0 aliphatic carbocycles. The Morgan fingerprint density at radius 2 is 2.05 bits per heavy atom. The fourth-order valence-corrected chi connectivity index (χ4v) is 2.63. The molecular weight excluding hydrogens is 260 g/mol. The van der Waals surface area contributed by atoms with Crippen LogP contribution < -0.4 is 5.32 Å². The molecule has 0 saturated heterocycles. The topological polar surface area (TPSA) is 42.7 Å². The van der Waals surface area contributed by atoms with Crippen molar-refractivity contribution in [3.05, 3.63) is 60.3 Å². The maximum atomic E-state index is 4.78. The smallest absolute Gasteiger partial charge is 0.110 e. The van der Waals surface area contributed by atoms with Crippen LogP contribution >= 0.6 is 0 Å². The average molecular weight is 280 g/mol. The van der Waals surface area contributed by atoms with E-state index in [0.717, 1.165) is 30.0 Å². The van der Waals surface area contributed by atoms with E-state index in [2.05, 4.69) is 46.1 Å². The summed E-state index contributed by atoms with van der Waals surface area (Å²) in [6.07, 6.45) is 4.72. The fraction of sp³-hybridized carbons (Fsp3) is 0.294. The van der Waals surface area contributed by atoms with Crippen molar-refractivity contribution in [1.82, 2.24) is 19.9 Å². The summed E-state index contributed by atoms with van der Waals surface area (Å²) in [6, 6.07) is 12.6. The summed E-state index contributed by atoms with van der Waals surface area (Å²) in [6.45, 7) is 3.07. The molecule has 0 fully saturated rings. The van der Waals surface area contributed by atoms with Gasteiger partial charge in [0.25, 0.3) is 0 Å². The second kappa shape index (κ2) is 6.06. The van der Waals surface area contributed by atoms with Crippen LogP contribution in [0.2, 0.25) is 0 Å². The second-order valence-electron chi connectivity index (χ2n) is 5.10. The number of likely N-dealkylation sites (N-methyl/N-ethyl adjacent to an activating group) is 1. The van der Waals surface area contributed by atoms with Crippen molar-refractivity contribution in [2.24, 2.45) is 0 Å². The van der Waals surface area contributed by atoms with E-state index in [1.54, 1.807) is 0 Å². The molecular formula is C17H20N4. The van der Waals surface area contributed by atoms with Crippen LogP contribution in [-0.2, 0) is 13.0 Å². The SMILES string of the molecule is CCn1ccnc1CC(NC)c1ccc2ccccc2n1. The van der Waals surface area contributed by atoms with Gasteiger partial charge in [-0.25, -0.2) is 4.98 Å². The zero-order chi connectivity index (χ0) is 14.7. The molecule has 4 heteroatoms. The molecule has 0 spiro atoms. The molecule has 1 atom stereocenters. The van der Waals surface area contributed by atoms with Gasteiger partial charge in [0.2, 0.25) is 0 Å². The third-order valence-electron chi connectivity index (χ3n) is 3.85. The third-order valence-corrected chi connectivity index (χ3v) is 3.85. The number of pyridine rings is 1. The van der Waals surface area contributed by atoms with E-state index in [0.29, 0.717) is 0 Å². The van der Waals surface area contributed by atoms with Gasteiger partial charge in [0, 0.05) is 30.7 Å².